The van der Waals surface area contributed by atoms with Crippen molar-refractivity contribution in [2.75, 3.05) is 26.6 Å². The molecule has 0 aliphatic heterocycles. The Kier molecular flexibility index (Phi) is 7.50. The van der Waals surface area contributed by atoms with Gasteiger partial charge in [-0.2, -0.15) is 0 Å². The minimum atomic E-state index is -0.321. The minimum Gasteiger partial charge on any atom is -0.493 e. The molecule has 36 heavy (non-hydrogen) atoms. The van der Waals surface area contributed by atoms with Crippen LogP contribution in [0.25, 0.3) is 0 Å². The molecule has 0 spiro atoms. The fraction of sp³-hybridized carbons (Fsp3) is 0.148. The summed E-state index contributed by atoms with van der Waals surface area (Å²) in [5.74, 6) is 2.50. The summed E-state index contributed by atoms with van der Waals surface area (Å²) in [6.45, 7) is 2.00. The Morgan fingerprint density at radius 3 is 1.69 bits per heavy atom. The largest absolute Gasteiger partial charge is 0.493 e. The molecule has 4 rings (SSSR count). The molecule has 0 aliphatic rings. The van der Waals surface area contributed by atoms with Crippen LogP contribution in [-0.2, 0) is 0 Å². The fourth-order valence-corrected chi connectivity index (χ4v) is 3.31. The highest BCUT2D eigenvalue weighted by Gasteiger charge is 2.16. The second-order valence-corrected chi connectivity index (χ2v) is 7.58. The summed E-state index contributed by atoms with van der Waals surface area (Å²) in [4.78, 5) is 21.3. The van der Waals surface area contributed by atoms with Gasteiger partial charge in [0.15, 0.2) is 11.5 Å². The zero-order valence-electron chi connectivity index (χ0n) is 20.3. The summed E-state index contributed by atoms with van der Waals surface area (Å²) in [7, 11) is 4.53. The molecule has 3 aromatic carbocycles. The van der Waals surface area contributed by atoms with Gasteiger partial charge in [0.05, 0.1) is 21.3 Å². The number of hydrogen-bond donors (Lipinski definition) is 1. The van der Waals surface area contributed by atoms with Crippen molar-refractivity contribution in [3.8, 4) is 40.5 Å². The number of aromatic nitrogens is 2. The minimum absolute atomic E-state index is 0.202. The van der Waals surface area contributed by atoms with Crippen LogP contribution < -0.4 is 29.0 Å². The number of carbonyl (C=O) groups excluding carboxylic acids is 1. The summed E-state index contributed by atoms with van der Waals surface area (Å²) in [5.41, 5.74) is 2.03. The van der Waals surface area contributed by atoms with Crippen molar-refractivity contribution >= 4 is 11.6 Å². The van der Waals surface area contributed by atoms with Crippen molar-refractivity contribution in [1.82, 2.24) is 9.97 Å². The van der Waals surface area contributed by atoms with Crippen LogP contribution in [0.2, 0.25) is 0 Å². The predicted molar refractivity (Wildman–Crippen MR) is 134 cm³/mol. The molecular formula is C27H25N3O6. The Morgan fingerprint density at radius 1 is 0.722 bits per heavy atom. The van der Waals surface area contributed by atoms with E-state index in [-0.39, 0.29) is 17.7 Å². The van der Waals surface area contributed by atoms with Crippen molar-refractivity contribution in [1.29, 1.82) is 0 Å². The lowest BCUT2D eigenvalue weighted by Crippen LogP contribution is -2.12. The lowest BCUT2D eigenvalue weighted by atomic mass is 10.2. The van der Waals surface area contributed by atoms with E-state index in [4.69, 9.17) is 23.7 Å². The zero-order valence-corrected chi connectivity index (χ0v) is 20.3. The SMILES string of the molecule is COc1cc(NC(=O)c2ccc(Oc3nccnc3Oc3ccc(C)cc3)cc2)cc(OC)c1OC. The van der Waals surface area contributed by atoms with Gasteiger partial charge in [-0.25, -0.2) is 9.97 Å². The normalized spacial score (nSPS) is 10.3. The molecule has 1 amide bonds. The summed E-state index contributed by atoms with van der Waals surface area (Å²) in [6.07, 6.45) is 3.03. The maximum atomic E-state index is 12.8. The Hall–Kier alpha value is -4.79. The molecule has 9 heteroatoms. The molecule has 0 bridgehead atoms. The average Bonchev–Trinajstić information content (AvgIpc) is 2.90. The molecule has 0 saturated heterocycles. The number of anilines is 1. The lowest BCUT2D eigenvalue weighted by molar-refractivity contribution is 0.102. The van der Waals surface area contributed by atoms with E-state index in [1.54, 1.807) is 36.4 Å². The maximum absolute atomic E-state index is 12.8. The van der Waals surface area contributed by atoms with Crippen LogP contribution >= 0.6 is 0 Å². The van der Waals surface area contributed by atoms with Crippen molar-refractivity contribution in [3.05, 3.63) is 84.2 Å². The number of rotatable bonds is 9. The van der Waals surface area contributed by atoms with E-state index in [0.29, 0.717) is 40.0 Å². The summed E-state index contributed by atoms with van der Waals surface area (Å²) >= 11 is 0. The van der Waals surface area contributed by atoms with E-state index >= 15 is 0 Å². The van der Waals surface area contributed by atoms with Crippen LogP contribution in [0.15, 0.2) is 73.1 Å². The highest BCUT2D eigenvalue weighted by molar-refractivity contribution is 6.04. The van der Waals surface area contributed by atoms with E-state index in [1.807, 2.05) is 31.2 Å². The monoisotopic (exact) mass is 487 g/mol. The van der Waals surface area contributed by atoms with Crippen LogP contribution in [0.4, 0.5) is 5.69 Å². The quantitative estimate of drug-likeness (QED) is 0.323. The van der Waals surface area contributed by atoms with Gasteiger partial charge >= 0.3 is 0 Å². The average molecular weight is 488 g/mol. The number of nitrogens with one attached hydrogen (secondary N) is 1. The number of benzene rings is 3. The number of carbonyl (C=O) groups is 1. The zero-order chi connectivity index (χ0) is 25.5. The Bertz CT molecular complexity index is 1320. The van der Waals surface area contributed by atoms with Crippen molar-refractivity contribution < 1.29 is 28.5 Å². The molecule has 0 fully saturated rings. The molecule has 184 valence electrons. The predicted octanol–water partition coefficient (Wildman–Crippen LogP) is 5.65. The number of nitrogens with zero attached hydrogens (tertiary/aromatic N) is 2. The van der Waals surface area contributed by atoms with E-state index in [2.05, 4.69) is 15.3 Å². The van der Waals surface area contributed by atoms with Crippen LogP contribution in [-0.4, -0.2) is 37.2 Å². The fourth-order valence-electron chi connectivity index (χ4n) is 3.31. The molecule has 0 unspecified atom stereocenters. The third-order valence-corrected chi connectivity index (χ3v) is 5.12. The van der Waals surface area contributed by atoms with Gasteiger partial charge in [0.2, 0.25) is 5.75 Å². The van der Waals surface area contributed by atoms with Gasteiger partial charge in [0.25, 0.3) is 17.7 Å². The highest BCUT2D eigenvalue weighted by atomic mass is 16.5. The van der Waals surface area contributed by atoms with E-state index in [1.165, 1.54) is 33.7 Å². The number of methoxy groups -OCH3 is 3. The highest BCUT2D eigenvalue weighted by Crippen LogP contribution is 2.40. The third kappa shape index (κ3) is 5.64. The van der Waals surface area contributed by atoms with Gasteiger partial charge in [0.1, 0.15) is 11.5 Å². The Morgan fingerprint density at radius 2 is 1.22 bits per heavy atom. The van der Waals surface area contributed by atoms with Crippen LogP contribution in [0.1, 0.15) is 15.9 Å². The van der Waals surface area contributed by atoms with Gasteiger partial charge in [-0.05, 0) is 43.3 Å². The summed E-state index contributed by atoms with van der Waals surface area (Å²) < 4.78 is 27.7. The smallest absolute Gasteiger partial charge is 0.284 e. The van der Waals surface area contributed by atoms with E-state index in [0.717, 1.165) is 5.56 Å². The van der Waals surface area contributed by atoms with Gasteiger partial charge < -0.3 is 29.0 Å². The molecule has 1 heterocycles. The van der Waals surface area contributed by atoms with Crippen LogP contribution in [0.3, 0.4) is 0 Å². The topological polar surface area (TPSA) is 101 Å². The van der Waals surface area contributed by atoms with Crippen molar-refractivity contribution in [2.24, 2.45) is 0 Å². The number of ether oxygens (including phenoxy) is 5. The van der Waals surface area contributed by atoms with Gasteiger partial charge in [0, 0.05) is 35.8 Å². The van der Waals surface area contributed by atoms with Crippen LogP contribution in [0.5, 0.6) is 40.5 Å². The molecule has 0 aliphatic carbocycles. The molecule has 0 atom stereocenters. The maximum Gasteiger partial charge on any atom is 0.284 e. The first-order chi connectivity index (χ1) is 17.5. The lowest BCUT2D eigenvalue weighted by Gasteiger charge is -2.14. The molecule has 4 aromatic rings. The van der Waals surface area contributed by atoms with Gasteiger partial charge in [-0.3, -0.25) is 4.79 Å². The van der Waals surface area contributed by atoms with Gasteiger partial charge in [-0.1, -0.05) is 17.7 Å². The first kappa shape index (κ1) is 24.3. The molecule has 0 saturated carbocycles. The molecule has 9 nitrogen and oxygen atoms in total. The van der Waals surface area contributed by atoms with Crippen LogP contribution in [0, 0.1) is 6.92 Å². The third-order valence-electron chi connectivity index (χ3n) is 5.12. The number of aryl methyl sites for hydroxylation is 1. The molecular weight excluding hydrogens is 462 g/mol. The van der Waals surface area contributed by atoms with Crippen molar-refractivity contribution in [2.45, 2.75) is 6.92 Å². The second kappa shape index (κ2) is 11.1. The molecule has 1 N–H and O–H groups in total. The van der Waals surface area contributed by atoms with Crippen molar-refractivity contribution in [3.63, 3.8) is 0 Å². The van der Waals surface area contributed by atoms with E-state index < -0.39 is 0 Å². The first-order valence-electron chi connectivity index (χ1n) is 11.0. The summed E-state index contributed by atoms with van der Waals surface area (Å²) in [5, 5.41) is 2.83. The first-order valence-corrected chi connectivity index (χ1v) is 11.0. The van der Waals surface area contributed by atoms with E-state index in [9.17, 15) is 4.79 Å². The number of hydrogen-bond acceptors (Lipinski definition) is 8. The second-order valence-electron chi connectivity index (χ2n) is 7.58. The molecule has 1 aromatic heterocycles. The van der Waals surface area contributed by atoms with Gasteiger partial charge in [-0.15, -0.1) is 0 Å². The molecule has 0 radical (unpaired) electrons. The Labute approximate surface area is 208 Å². The summed E-state index contributed by atoms with van der Waals surface area (Å²) in [6, 6.07) is 17.5. The Balaban J connectivity index is 1.47. The number of amides is 1. The standard InChI is InChI=1S/C27H25N3O6/c1-17-5-9-20(10-6-17)35-26-27(29-14-13-28-26)36-21-11-7-18(8-12-21)25(31)30-19-15-22(32-2)24(34-4)23(16-19)33-3/h5-16H,1-4H3,(H,30,31).